The summed E-state index contributed by atoms with van der Waals surface area (Å²) in [5.74, 6) is 4.61. The molecule has 3 heterocycles. The van der Waals surface area contributed by atoms with Crippen molar-refractivity contribution in [2.45, 2.75) is 12.8 Å². The smallest absolute Gasteiger partial charge is 0.300 e. The van der Waals surface area contributed by atoms with E-state index in [0.29, 0.717) is 45.7 Å². The Morgan fingerprint density at radius 1 is 1.03 bits per heavy atom. The molecule has 0 saturated carbocycles. The minimum atomic E-state index is -0.491. The summed E-state index contributed by atoms with van der Waals surface area (Å²) in [5, 5.41) is 19.3. The molecular formula is C26H20FN7O2. The Balaban J connectivity index is 1.35. The van der Waals surface area contributed by atoms with Crippen molar-refractivity contribution in [3.63, 3.8) is 0 Å². The summed E-state index contributed by atoms with van der Waals surface area (Å²) in [6, 6.07) is 13.9. The van der Waals surface area contributed by atoms with Crippen LogP contribution in [0.4, 0.5) is 21.6 Å². The molecule has 5 rings (SSSR count). The number of rotatable bonds is 6. The fraction of sp³-hybridized carbons (Fsp3) is 0.115. The Morgan fingerprint density at radius 3 is 2.78 bits per heavy atom. The lowest BCUT2D eigenvalue weighted by atomic mass is 10.0. The Labute approximate surface area is 205 Å². The number of nitrogens with zero attached hydrogens (tertiary/aromatic N) is 5. The predicted molar refractivity (Wildman–Crippen MR) is 133 cm³/mol. The number of nitrogens with one attached hydrogen (secondary N) is 2. The van der Waals surface area contributed by atoms with Gasteiger partial charge in [-0.15, -0.1) is 0 Å². The number of carbonyl (C=O) groups excluding carboxylic acids is 1. The molecule has 5 aromatic rings. The van der Waals surface area contributed by atoms with E-state index in [1.54, 1.807) is 41.0 Å². The first-order valence-electron chi connectivity index (χ1n) is 11.1. The summed E-state index contributed by atoms with van der Waals surface area (Å²) >= 11 is 0. The Kier molecular flexibility index (Phi) is 6.46. The molecule has 3 aromatic heterocycles. The zero-order valence-corrected chi connectivity index (χ0v) is 18.9. The van der Waals surface area contributed by atoms with Gasteiger partial charge in [-0.2, -0.15) is 5.10 Å². The highest BCUT2D eigenvalue weighted by Crippen LogP contribution is 2.27. The van der Waals surface area contributed by atoms with Crippen LogP contribution in [0.15, 0.2) is 67.4 Å². The number of benzene rings is 2. The number of anilines is 3. The normalized spacial score (nSPS) is 10.7. The van der Waals surface area contributed by atoms with Gasteiger partial charge in [0.2, 0.25) is 0 Å². The van der Waals surface area contributed by atoms with Gasteiger partial charge in [0, 0.05) is 35.8 Å². The van der Waals surface area contributed by atoms with Gasteiger partial charge in [0.25, 0.3) is 5.91 Å². The fourth-order valence-corrected chi connectivity index (χ4v) is 3.69. The van der Waals surface area contributed by atoms with Crippen molar-refractivity contribution in [1.82, 2.24) is 24.6 Å². The molecule has 10 heteroatoms. The molecule has 0 radical (unpaired) electrons. The van der Waals surface area contributed by atoms with E-state index in [0.717, 1.165) is 5.56 Å². The molecule has 178 valence electrons. The molecule has 0 atom stereocenters. The van der Waals surface area contributed by atoms with Crippen LogP contribution in [0.5, 0.6) is 0 Å². The van der Waals surface area contributed by atoms with E-state index in [-0.39, 0.29) is 18.8 Å². The minimum absolute atomic E-state index is 0.108. The van der Waals surface area contributed by atoms with Crippen molar-refractivity contribution in [3.8, 4) is 11.8 Å². The first-order chi connectivity index (χ1) is 17.6. The summed E-state index contributed by atoms with van der Waals surface area (Å²) in [7, 11) is 0. The van der Waals surface area contributed by atoms with Crippen LogP contribution in [0.1, 0.15) is 17.5 Å². The topological polar surface area (TPSA) is 117 Å². The molecule has 1 amide bonds. The second kappa shape index (κ2) is 10.2. The van der Waals surface area contributed by atoms with Crippen molar-refractivity contribution in [1.29, 1.82) is 0 Å². The average Bonchev–Trinajstić information content (AvgIpc) is 3.34. The SMILES string of the molecule is O=C(C#CCCO)Nc1ccc2ncnc(Nc3ccc(Cc4ccn5ncnc5c4)c(F)c3)c2c1. The maximum absolute atomic E-state index is 15.0. The summed E-state index contributed by atoms with van der Waals surface area (Å²) in [6.07, 6.45) is 5.32. The van der Waals surface area contributed by atoms with Crippen LogP contribution in [-0.4, -0.2) is 42.2 Å². The van der Waals surface area contributed by atoms with Gasteiger partial charge in [-0.1, -0.05) is 12.0 Å². The van der Waals surface area contributed by atoms with Crippen molar-refractivity contribution < 1.29 is 14.3 Å². The largest absolute Gasteiger partial charge is 0.395 e. The second-order valence-electron chi connectivity index (χ2n) is 7.89. The zero-order chi connectivity index (χ0) is 24.9. The third-order valence-electron chi connectivity index (χ3n) is 5.39. The van der Waals surface area contributed by atoms with Crippen LogP contribution < -0.4 is 10.6 Å². The van der Waals surface area contributed by atoms with Gasteiger partial charge in [-0.25, -0.2) is 23.9 Å². The minimum Gasteiger partial charge on any atom is -0.395 e. The van der Waals surface area contributed by atoms with Crippen molar-refractivity contribution in [3.05, 3.63) is 84.3 Å². The van der Waals surface area contributed by atoms with Crippen molar-refractivity contribution >= 4 is 39.6 Å². The number of halogens is 1. The number of carbonyl (C=O) groups is 1. The van der Waals surface area contributed by atoms with Crippen LogP contribution in [-0.2, 0) is 11.2 Å². The average molecular weight is 481 g/mol. The number of aromatic nitrogens is 5. The quantitative estimate of drug-likeness (QED) is 0.318. The number of hydrogen-bond acceptors (Lipinski definition) is 7. The lowest BCUT2D eigenvalue weighted by Gasteiger charge is -2.11. The maximum atomic E-state index is 15.0. The van der Waals surface area contributed by atoms with Crippen LogP contribution in [0.2, 0.25) is 0 Å². The zero-order valence-electron chi connectivity index (χ0n) is 18.9. The molecule has 0 unspecified atom stereocenters. The number of fused-ring (bicyclic) bond motifs is 2. The molecule has 9 nitrogen and oxygen atoms in total. The van der Waals surface area contributed by atoms with E-state index in [1.807, 2.05) is 12.1 Å². The molecule has 0 aliphatic rings. The molecule has 2 aromatic carbocycles. The lowest BCUT2D eigenvalue weighted by Crippen LogP contribution is -2.08. The van der Waals surface area contributed by atoms with Crippen LogP contribution in [0.3, 0.4) is 0 Å². The fourth-order valence-electron chi connectivity index (χ4n) is 3.69. The van der Waals surface area contributed by atoms with Crippen LogP contribution in [0, 0.1) is 17.7 Å². The number of amides is 1. The highest BCUT2D eigenvalue weighted by molar-refractivity contribution is 6.05. The van der Waals surface area contributed by atoms with Crippen molar-refractivity contribution in [2.75, 3.05) is 17.2 Å². The van der Waals surface area contributed by atoms with E-state index in [4.69, 9.17) is 5.11 Å². The van der Waals surface area contributed by atoms with E-state index in [9.17, 15) is 9.18 Å². The molecule has 0 spiro atoms. The lowest BCUT2D eigenvalue weighted by molar-refractivity contribution is -0.111. The van der Waals surface area contributed by atoms with Crippen molar-refractivity contribution in [2.24, 2.45) is 0 Å². The van der Waals surface area contributed by atoms with E-state index in [2.05, 4.69) is 42.5 Å². The molecule has 0 bridgehead atoms. The third-order valence-corrected chi connectivity index (χ3v) is 5.39. The Morgan fingerprint density at radius 2 is 1.92 bits per heavy atom. The maximum Gasteiger partial charge on any atom is 0.300 e. The summed E-state index contributed by atoms with van der Waals surface area (Å²) in [4.78, 5) is 24.7. The van der Waals surface area contributed by atoms with Gasteiger partial charge >= 0.3 is 0 Å². The van der Waals surface area contributed by atoms with Gasteiger partial charge < -0.3 is 15.7 Å². The van der Waals surface area contributed by atoms with Gasteiger partial charge in [-0.05, 0) is 59.5 Å². The summed E-state index contributed by atoms with van der Waals surface area (Å²) in [6.45, 7) is -0.108. The molecule has 0 aliphatic carbocycles. The highest BCUT2D eigenvalue weighted by Gasteiger charge is 2.10. The monoisotopic (exact) mass is 481 g/mol. The van der Waals surface area contributed by atoms with Gasteiger partial charge in [0.1, 0.15) is 24.3 Å². The van der Waals surface area contributed by atoms with Gasteiger partial charge in [0.05, 0.1) is 12.1 Å². The summed E-state index contributed by atoms with van der Waals surface area (Å²) in [5.41, 5.74) is 3.85. The number of aliphatic hydroxyl groups excluding tert-OH is 1. The van der Waals surface area contributed by atoms with Gasteiger partial charge in [-0.3, -0.25) is 4.79 Å². The van der Waals surface area contributed by atoms with E-state index in [1.165, 1.54) is 18.7 Å². The van der Waals surface area contributed by atoms with Crippen LogP contribution >= 0.6 is 0 Å². The summed E-state index contributed by atoms with van der Waals surface area (Å²) < 4.78 is 16.6. The molecule has 0 fully saturated rings. The van der Waals surface area contributed by atoms with Gasteiger partial charge in [0.15, 0.2) is 5.65 Å². The molecule has 36 heavy (non-hydrogen) atoms. The Hall–Kier alpha value is -4.88. The Bertz CT molecular complexity index is 1640. The van der Waals surface area contributed by atoms with E-state index >= 15 is 0 Å². The number of hydrogen-bond donors (Lipinski definition) is 3. The first kappa shape index (κ1) is 22.9. The molecule has 0 saturated heterocycles. The molecule has 3 N–H and O–H groups in total. The third kappa shape index (κ3) is 5.11. The van der Waals surface area contributed by atoms with E-state index < -0.39 is 5.91 Å². The second-order valence-corrected chi connectivity index (χ2v) is 7.89. The number of pyridine rings is 1. The highest BCUT2D eigenvalue weighted by atomic mass is 19.1. The number of aliphatic hydroxyl groups is 1. The molecular weight excluding hydrogens is 461 g/mol. The predicted octanol–water partition coefficient (Wildman–Crippen LogP) is 3.47. The molecule has 0 aliphatic heterocycles. The first-order valence-corrected chi connectivity index (χ1v) is 11.1. The van der Waals surface area contributed by atoms with Crippen LogP contribution in [0.25, 0.3) is 16.6 Å². The standard InChI is InChI=1S/C26H20FN7O2/c27-22-14-20(5-4-18(22)11-17-8-9-34-24(12-17)29-16-31-34)33-26-21-13-19(6-7-23(21)28-15-30-26)32-25(36)3-1-2-10-35/h4-9,12-16,35H,2,10-11H2,(H,32,36)(H,28,30,33).